The molecule has 1 aromatic carbocycles. The lowest BCUT2D eigenvalue weighted by Gasteiger charge is -2.47. The lowest BCUT2D eigenvalue weighted by molar-refractivity contribution is -0.133. The van der Waals surface area contributed by atoms with Crippen molar-refractivity contribution in [3.63, 3.8) is 0 Å². The fourth-order valence-corrected chi connectivity index (χ4v) is 5.86. The highest BCUT2D eigenvalue weighted by Crippen LogP contribution is 2.39. The number of rotatable bonds is 6. The Morgan fingerprint density at radius 2 is 1.82 bits per heavy atom. The number of carbonyl (C=O) groups is 2. The van der Waals surface area contributed by atoms with Crippen LogP contribution in [0, 0.1) is 17.8 Å². The molecular weight excluding hydrogens is 570 g/mol. The van der Waals surface area contributed by atoms with Crippen molar-refractivity contribution in [1.29, 1.82) is 0 Å². The number of hydrogen-bond donors (Lipinski definition) is 2. The zero-order chi connectivity index (χ0) is 31.9. The van der Waals surface area contributed by atoms with Crippen molar-refractivity contribution in [3.8, 4) is 34.6 Å². The van der Waals surface area contributed by atoms with Gasteiger partial charge in [-0.2, -0.15) is 0 Å². The number of carboxylic acid groups (broad SMARTS) is 1. The lowest BCUT2D eigenvalue weighted by atomic mass is 9.94. The van der Waals surface area contributed by atoms with E-state index in [1.165, 1.54) is 12.4 Å². The predicted molar refractivity (Wildman–Crippen MR) is 173 cm³/mol. The van der Waals surface area contributed by atoms with Gasteiger partial charge in [0.1, 0.15) is 29.2 Å². The maximum atomic E-state index is 11.8. The van der Waals surface area contributed by atoms with Crippen LogP contribution in [-0.4, -0.2) is 79.0 Å². The van der Waals surface area contributed by atoms with Gasteiger partial charge in [0.25, 0.3) is 6.47 Å². The first kappa shape index (κ1) is 31.2. The van der Waals surface area contributed by atoms with Gasteiger partial charge >= 0.3 is 0 Å². The number of ether oxygens (including phenoxy) is 1. The van der Waals surface area contributed by atoms with Crippen molar-refractivity contribution >= 4 is 29.2 Å². The fourth-order valence-electron chi connectivity index (χ4n) is 5.86. The van der Waals surface area contributed by atoms with E-state index in [0.29, 0.717) is 23.5 Å². The molecule has 3 aromatic heterocycles. The molecule has 0 bridgehead atoms. The van der Waals surface area contributed by atoms with E-state index in [2.05, 4.69) is 56.7 Å². The Balaban J connectivity index is 0.00000128. The molecule has 2 saturated heterocycles. The number of hydrogen-bond acceptors (Lipinski definition) is 8. The first-order valence-corrected chi connectivity index (χ1v) is 14.9. The average molecular weight is 608 g/mol. The van der Waals surface area contributed by atoms with Crippen molar-refractivity contribution in [2.75, 3.05) is 31.9 Å². The number of carbonyl (C=O) groups excluding carboxylic acids is 1. The summed E-state index contributed by atoms with van der Waals surface area (Å²) in [5.41, 5.74) is 10.0. The van der Waals surface area contributed by atoms with Crippen LogP contribution in [0.5, 0.6) is 11.6 Å². The summed E-state index contributed by atoms with van der Waals surface area (Å²) in [5, 5.41) is 7.70. The van der Waals surface area contributed by atoms with E-state index < -0.39 is 0 Å². The number of likely N-dealkylation sites (tertiary alicyclic amines) is 2. The molecule has 45 heavy (non-hydrogen) atoms. The fraction of sp³-hybridized carbons (Fsp3) is 0.324. The molecule has 1 amide bonds. The monoisotopic (exact) mass is 607 g/mol. The van der Waals surface area contributed by atoms with Crippen LogP contribution in [0.2, 0.25) is 0 Å². The minimum atomic E-state index is -0.250. The summed E-state index contributed by atoms with van der Waals surface area (Å²) < 4.78 is 8.09. The summed E-state index contributed by atoms with van der Waals surface area (Å²) in [7, 11) is 0. The number of fused-ring (bicyclic) bond motifs is 1. The molecule has 3 N–H and O–H groups in total. The molecule has 2 aliphatic rings. The molecule has 11 heteroatoms. The molecule has 0 saturated carbocycles. The van der Waals surface area contributed by atoms with Crippen LogP contribution in [0.1, 0.15) is 38.4 Å². The first-order chi connectivity index (χ1) is 21.8. The Kier molecular flexibility index (Phi) is 9.75. The van der Waals surface area contributed by atoms with Crippen LogP contribution >= 0.6 is 0 Å². The molecule has 11 nitrogen and oxygen atoms in total. The standard InChI is InChI=1S/C33H35N7O2.CH2O2/c1-4-29(41)39-19-25(20-39)38-17-14-23(15-18-38)8-13-27-30(31-32(34)36-21-37-33(31)40(27)22(2)3)24-9-11-26(12-10-24)42-28-7-5-6-16-35-28;2-1-3/h4-7,9-12,16,21-23,25H,1,14-15,17-20H2,2-3H3,(H2,34,36,37);1H,(H,2,3). The normalized spacial score (nSPS) is 15.4. The maximum Gasteiger partial charge on any atom is 0.290 e. The van der Waals surface area contributed by atoms with E-state index in [9.17, 15) is 4.79 Å². The second-order valence-corrected chi connectivity index (χ2v) is 11.2. The second-order valence-electron chi connectivity index (χ2n) is 11.2. The first-order valence-electron chi connectivity index (χ1n) is 14.9. The van der Waals surface area contributed by atoms with E-state index in [4.69, 9.17) is 20.4 Å². The summed E-state index contributed by atoms with van der Waals surface area (Å²) in [5.74, 6) is 9.14. The molecule has 4 aromatic rings. The minimum absolute atomic E-state index is 0.0176. The summed E-state index contributed by atoms with van der Waals surface area (Å²) in [6.07, 6.45) is 6.61. The molecular formula is C34H37N7O4. The highest BCUT2D eigenvalue weighted by Gasteiger charge is 2.35. The van der Waals surface area contributed by atoms with Gasteiger partial charge in [0, 0.05) is 48.9 Å². The van der Waals surface area contributed by atoms with Crippen LogP contribution in [0.3, 0.4) is 0 Å². The highest BCUT2D eigenvalue weighted by atomic mass is 16.5. The number of nitrogens with two attached hydrogens (primary N) is 1. The Labute approximate surface area is 262 Å². The van der Waals surface area contributed by atoms with Crippen molar-refractivity contribution in [3.05, 3.63) is 73.3 Å². The largest absolute Gasteiger partial charge is 0.483 e. The van der Waals surface area contributed by atoms with Crippen molar-refractivity contribution < 1.29 is 19.4 Å². The van der Waals surface area contributed by atoms with Crippen LogP contribution in [0.4, 0.5) is 5.82 Å². The van der Waals surface area contributed by atoms with Crippen LogP contribution in [0.15, 0.2) is 67.6 Å². The number of nitrogens with zero attached hydrogens (tertiary/aromatic N) is 6. The number of benzene rings is 1. The van der Waals surface area contributed by atoms with Gasteiger partial charge in [0.2, 0.25) is 11.8 Å². The molecule has 2 fully saturated rings. The SMILES string of the molecule is C=CC(=O)N1CC(N2CCC(C#Cc3c(-c4ccc(Oc5ccccn5)cc4)c4c(N)ncnc4n3C(C)C)CC2)C1.O=CO. The number of pyridine rings is 1. The second kappa shape index (κ2) is 14.1. The molecule has 0 unspecified atom stereocenters. The quantitative estimate of drug-likeness (QED) is 0.183. The zero-order valence-electron chi connectivity index (χ0n) is 25.5. The zero-order valence-corrected chi connectivity index (χ0v) is 25.5. The topological polar surface area (TPSA) is 140 Å². The van der Waals surface area contributed by atoms with Crippen molar-refractivity contribution in [2.24, 2.45) is 5.92 Å². The predicted octanol–water partition coefficient (Wildman–Crippen LogP) is 4.61. The Morgan fingerprint density at radius 3 is 2.44 bits per heavy atom. The molecule has 232 valence electrons. The number of nitrogen functional groups attached to an aromatic ring is 1. The van der Waals surface area contributed by atoms with Crippen LogP contribution in [0.25, 0.3) is 22.2 Å². The van der Waals surface area contributed by atoms with Gasteiger partial charge in [0.15, 0.2) is 0 Å². The van der Waals surface area contributed by atoms with E-state index in [-0.39, 0.29) is 24.3 Å². The number of piperidine rings is 1. The van der Waals surface area contributed by atoms with Crippen molar-refractivity contribution in [1.82, 2.24) is 29.3 Å². The van der Waals surface area contributed by atoms with E-state index in [1.807, 2.05) is 47.4 Å². The van der Waals surface area contributed by atoms with Gasteiger partial charge in [-0.05, 0) is 75.5 Å². The molecule has 0 spiro atoms. The summed E-state index contributed by atoms with van der Waals surface area (Å²) in [6.45, 7) is 11.1. The molecule has 0 radical (unpaired) electrons. The molecule has 5 heterocycles. The molecule has 0 atom stereocenters. The third kappa shape index (κ3) is 6.81. The number of anilines is 1. The molecule has 2 aliphatic heterocycles. The number of aromatic nitrogens is 4. The van der Waals surface area contributed by atoms with Crippen molar-refractivity contribution in [2.45, 2.75) is 38.8 Å². The van der Waals surface area contributed by atoms with Gasteiger partial charge in [-0.3, -0.25) is 14.5 Å². The van der Waals surface area contributed by atoms with E-state index >= 15 is 0 Å². The summed E-state index contributed by atoms with van der Waals surface area (Å²) in [4.78, 5) is 37.7. The van der Waals surface area contributed by atoms with Gasteiger partial charge in [-0.25, -0.2) is 15.0 Å². The average Bonchev–Trinajstić information content (AvgIpc) is 3.37. The minimum Gasteiger partial charge on any atom is -0.483 e. The lowest BCUT2D eigenvalue weighted by Crippen LogP contribution is -2.61. The Bertz CT molecular complexity index is 1710. The van der Waals surface area contributed by atoms with Gasteiger partial charge in [-0.15, -0.1) is 0 Å². The van der Waals surface area contributed by atoms with Gasteiger partial charge in [0.05, 0.1) is 5.39 Å². The van der Waals surface area contributed by atoms with Gasteiger partial charge < -0.3 is 25.0 Å². The van der Waals surface area contributed by atoms with E-state index in [1.54, 1.807) is 6.20 Å². The van der Waals surface area contributed by atoms with E-state index in [0.717, 1.165) is 66.9 Å². The Hall–Kier alpha value is -5.21. The Morgan fingerprint density at radius 1 is 1.11 bits per heavy atom. The van der Waals surface area contributed by atoms with Crippen LogP contribution < -0.4 is 10.5 Å². The molecule has 0 aliphatic carbocycles. The smallest absolute Gasteiger partial charge is 0.290 e. The summed E-state index contributed by atoms with van der Waals surface area (Å²) >= 11 is 0. The summed E-state index contributed by atoms with van der Waals surface area (Å²) in [6, 6.07) is 14.0. The number of amides is 1. The van der Waals surface area contributed by atoms with Gasteiger partial charge in [-0.1, -0.05) is 30.7 Å². The maximum absolute atomic E-state index is 11.8. The van der Waals surface area contributed by atoms with Crippen LogP contribution in [-0.2, 0) is 9.59 Å². The molecule has 6 rings (SSSR count). The highest BCUT2D eigenvalue weighted by molar-refractivity contribution is 6.03. The third-order valence-corrected chi connectivity index (χ3v) is 8.12. The third-order valence-electron chi connectivity index (χ3n) is 8.12.